The summed E-state index contributed by atoms with van der Waals surface area (Å²) >= 11 is 3.35. The van der Waals surface area contributed by atoms with Crippen molar-refractivity contribution in [3.8, 4) is 0 Å². The lowest BCUT2D eigenvalue weighted by molar-refractivity contribution is -0.142. The first-order valence-corrected chi connectivity index (χ1v) is 5.20. The van der Waals surface area contributed by atoms with E-state index < -0.39 is 0 Å². The fourth-order valence-electron chi connectivity index (χ4n) is 1.61. The van der Waals surface area contributed by atoms with Crippen LogP contribution in [0.3, 0.4) is 0 Å². The highest BCUT2D eigenvalue weighted by atomic mass is 79.9. The number of carbonyl (C=O) groups is 1. The van der Waals surface area contributed by atoms with Gasteiger partial charge in [0.05, 0.1) is 13.0 Å². The van der Waals surface area contributed by atoms with Crippen molar-refractivity contribution in [3.63, 3.8) is 0 Å². The number of ether oxygens (including phenoxy) is 1. The van der Waals surface area contributed by atoms with Gasteiger partial charge in [0.15, 0.2) is 0 Å². The first-order valence-electron chi connectivity index (χ1n) is 4.40. The second-order valence-corrected chi connectivity index (χ2v) is 4.32. The highest BCUT2D eigenvalue weighted by Crippen LogP contribution is 2.48. The highest BCUT2D eigenvalue weighted by molar-refractivity contribution is 9.10. The van der Waals surface area contributed by atoms with E-state index in [1.807, 2.05) is 6.07 Å². The van der Waals surface area contributed by atoms with Crippen molar-refractivity contribution < 1.29 is 9.53 Å². The molecule has 1 fully saturated rings. The Bertz CT molecular complexity index is 367. The minimum atomic E-state index is -0.116. The van der Waals surface area contributed by atoms with E-state index in [9.17, 15) is 4.79 Å². The third-order valence-corrected chi connectivity index (χ3v) is 2.88. The molecule has 2 atom stereocenters. The lowest BCUT2D eigenvalue weighted by atomic mass is 10.1. The molecule has 0 radical (unpaired) electrons. The summed E-state index contributed by atoms with van der Waals surface area (Å²) in [5.74, 6) is 0.221. The molecular formula is C10H10BrNO2. The number of hydrogen-bond acceptors (Lipinski definition) is 3. The summed E-state index contributed by atoms with van der Waals surface area (Å²) in [6, 6.07) is 2.00. The van der Waals surface area contributed by atoms with E-state index in [0.29, 0.717) is 5.92 Å². The zero-order valence-electron chi connectivity index (χ0n) is 7.74. The normalized spacial score (nSPS) is 24.4. The summed E-state index contributed by atoms with van der Waals surface area (Å²) in [5, 5.41) is 0. The molecule has 1 heterocycles. The number of esters is 1. The molecule has 1 aromatic rings. The lowest BCUT2D eigenvalue weighted by Crippen LogP contribution is -2.03. The van der Waals surface area contributed by atoms with Gasteiger partial charge in [-0.3, -0.25) is 9.78 Å². The van der Waals surface area contributed by atoms with Crippen molar-refractivity contribution in [2.24, 2.45) is 5.92 Å². The standard InChI is InChI=1S/C10H10BrNO2/c1-14-10(13)9-3-8(9)6-2-7(11)5-12-4-6/h2,4-5,8-9H,3H2,1H3/t8-,9+/m0/s1. The van der Waals surface area contributed by atoms with E-state index in [1.165, 1.54) is 7.11 Å². The lowest BCUT2D eigenvalue weighted by Gasteiger charge is -1.99. The van der Waals surface area contributed by atoms with Gasteiger partial charge in [-0.1, -0.05) is 0 Å². The molecule has 14 heavy (non-hydrogen) atoms. The van der Waals surface area contributed by atoms with E-state index in [4.69, 9.17) is 0 Å². The monoisotopic (exact) mass is 255 g/mol. The summed E-state index contributed by atoms with van der Waals surface area (Å²) < 4.78 is 5.63. The predicted molar refractivity (Wildman–Crippen MR) is 54.8 cm³/mol. The molecule has 1 aliphatic carbocycles. The molecule has 1 saturated carbocycles. The zero-order chi connectivity index (χ0) is 10.1. The van der Waals surface area contributed by atoms with Gasteiger partial charge in [-0.25, -0.2) is 0 Å². The van der Waals surface area contributed by atoms with Gasteiger partial charge in [0.2, 0.25) is 0 Å². The van der Waals surface area contributed by atoms with E-state index in [2.05, 4.69) is 25.7 Å². The fourth-order valence-corrected chi connectivity index (χ4v) is 1.99. The molecule has 4 heteroatoms. The number of nitrogens with zero attached hydrogens (tertiary/aromatic N) is 1. The van der Waals surface area contributed by atoms with Crippen LogP contribution in [0.1, 0.15) is 17.9 Å². The summed E-state index contributed by atoms with van der Waals surface area (Å²) in [4.78, 5) is 15.3. The fraction of sp³-hybridized carbons (Fsp3) is 0.400. The van der Waals surface area contributed by atoms with Crippen molar-refractivity contribution in [2.75, 3.05) is 7.11 Å². The van der Waals surface area contributed by atoms with Gasteiger partial charge in [0.1, 0.15) is 0 Å². The summed E-state index contributed by atoms with van der Waals surface area (Å²) in [6.07, 6.45) is 4.42. The molecule has 0 N–H and O–H groups in total. The second kappa shape index (κ2) is 3.69. The molecule has 0 amide bonds. The van der Waals surface area contributed by atoms with Gasteiger partial charge >= 0.3 is 5.97 Å². The molecule has 0 unspecified atom stereocenters. The van der Waals surface area contributed by atoms with Gasteiger partial charge < -0.3 is 4.74 Å². The second-order valence-electron chi connectivity index (χ2n) is 3.41. The van der Waals surface area contributed by atoms with E-state index >= 15 is 0 Å². The Hall–Kier alpha value is -0.900. The van der Waals surface area contributed by atoms with Crippen LogP contribution in [0.25, 0.3) is 0 Å². The van der Waals surface area contributed by atoms with E-state index in [1.54, 1.807) is 12.4 Å². The quantitative estimate of drug-likeness (QED) is 0.761. The number of methoxy groups -OCH3 is 1. The number of pyridine rings is 1. The zero-order valence-corrected chi connectivity index (χ0v) is 9.32. The molecule has 0 spiro atoms. The molecule has 0 saturated heterocycles. The van der Waals surface area contributed by atoms with Crippen LogP contribution in [0, 0.1) is 5.92 Å². The Morgan fingerprint density at radius 1 is 1.64 bits per heavy atom. The SMILES string of the molecule is COC(=O)[C@@H]1C[C@H]1c1cncc(Br)c1. The smallest absolute Gasteiger partial charge is 0.309 e. The maximum Gasteiger partial charge on any atom is 0.309 e. The largest absolute Gasteiger partial charge is 0.469 e. The number of hydrogen-bond donors (Lipinski definition) is 0. The molecule has 0 aromatic carbocycles. The van der Waals surface area contributed by atoms with Gasteiger partial charge in [0, 0.05) is 16.9 Å². The number of rotatable bonds is 2. The van der Waals surface area contributed by atoms with Crippen LogP contribution < -0.4 is 0 Å². The maximum atomic E-state index is 11.2. The molecule has 74 valence electrons. The third-order valence-electron chi connectivity index (χ3n) is 2.45. The Labute approximate surface area is 90.6 Å². The summed E-state index contributed by atoms with van der Waals surface area (Å²) in [6.45, 7) is 0. The summed E-state index contributed by atoms with van der Waals surface area (Å²) in [5.41, 5.74) is 1.11. The van der Waals surface area contributed by atoms with Crippen molar-refractivity contribution in [1.82, 2.24) is 4.98 Å². The van der Waals surface area contributed by atoms with Crippen molar-refractivity contribution in [3.05, 3.63) is 28.5 Å². The highest BCUT2D eigenvalue weighted by Gasteiger charge is 2.45. The van der Waals surface area contributed by atoms with Crippen molar-refractivity contribution in [1.29, 1.82) is 0 Å². The Morgan fingerprint density at radius 3 is 3.07 bits per heavy atom. The molecule has 0 aliphatic heterocycles. The van der Waals surface area contributed by atoms with Gasteiger partial charge in [0.25, 0.3) is 0 Å². The topological polar surface area (TPSA) is 39.2 Å². The van der Waals surface area contributed by atoms with E-state index in [-0.39, 0.29) is 11.9 Å². The van der Waals surface area contributed by atoms with Crippen LogP contribution in [0.15, 0.2) is 22.9 Å². The molecule has 1 aromatic heterocycles. The van der Waals surface area contributed by atoms with Crippen LogP contribution in [-0.2, 0) is 9.53 Å². The molecular weight excluding hydrogens is 246 g/mol. The van der Waals surface area contributed by atoms with Crippen LogP contribution >= 0.6 is 15.9 Å². The maximum absolute atomic E-state index is 11.2. The first-order chi connectivity index (χ1) is 6.72. The Kier molecular flexibility index (Phi) is 2.54. The third kappa shape index (κ3) is 1.80. The van der Waals surface area contributed by atoms with Gasteiger partial charge in [-0.05, 0) is 39.9 Å². The minimum absolute atomic E-state index is 0.0381. The van der Waals surface area contributed by atoms with Gasteiger partial charge in [-0.15, -0.1) is 0 Å². The minimum Gasteiger partial charge on any atom is -0.469 e. The average molecular weight is 256 g/mol. The number of halogens is 1. The molecule has 2 rings (SSSR count). The summed E-state index contributed by atoms with van der Waals surface area (Å²) in [7, 11) is 1.43. The number of aromatic nitrogens is 1. The van der Waals surface area contributed by atoms with Crippen LogP contribution in [0.4, 0.5) is 0 Å². The van der Waals surface area contributed by atoms with Crippen LogP contribution in [0.2, 0.25) is 0 Å². The molecule has 0 bridgehead atoms. The molecule has 3 nitrogen and oxygen atoms in total. The van der Waals surface area contributed by atoms with Crippen molar-refractivity contribution >= 4 is 21.9 Å². The van der Waals surface area contributed by atoms with Crippen molar-refractivity contribution in [2.45, 2.75) is 12.3 Å². The number of carbonyl (C=O) groups excluding carboxylic acids is 1. The van der Waals surface area contributed by atoms with Gasteiger partial charge in [-0.2, -0.15) is 0 Å². The van der Waals surface area contributed by atoms with E-state index in [0.717, 1.165) is 16.5 Å². The van der Waals surface area contributed by atoms with Crippen LogP contribution in [0.5, 0.6) is 0 Å². The first kappa shape index (κ1) is 9.65. The Balaban J connectivity index is 2.09. The Morgan fingerprint density at radius 2 is 2.43 bits per heavy atom. The predicted octanol–water partition coefficient (Wildman–Crippen LogP) is 2.12. The van der Waals surface area contributed by atoms with Crippen LogP contribution in [-0.4, -0.2) is 18.1 Å². The molecule has 1 aliphatic rings. The average Bonchev–Trinajstić information content (AvgIpc) is 2.96.